The molecular weight excluding hydrogens is 338 g/mol. The number of benzene rings is 1. The predicted molar refractivity (Wildman–Crippen MR) is 103 cm³/mol. The van der Waals surface area contributed by atoms with Gasteiger partial charge in [0.05, 0.1) is 18.5 Å². The van der Waals surface area contributed by atoms with Crippen LogP contribution in [0.5, 0.6) is 0 Å². The summed E-state index contributed by atoms with van der Waals surface area (Å²) in [4.78, 5) is 17.2. The predicted octanol–water partition coefficient (Wildman–Crippen LogP) is 4.07. The van der Waals surface area contributed by atoms with Gasteiger partial charge in [0.2, 0.25) is 5.91 Å². The summed E-state index contributed by atoms with van der Waals surface area (Å²) in [7, 11) is 0. The lowest BCUT2D eigenvalue weighted by Gasteiger charge is -2.17. The van der Waals surface area contributed by atoms with E-state index in [1.165, 1.54) is 0 Å². The number of hydrogen-bond donors (Lipinski definition) is 1. The molecule has 1 aromatic carbocycles. The average molecular weight is 359 g/mol. The number of nitrogens with one attached hydrogen (secondary N) is 1. The van der Waals surface area contributed by atoms with Crippen molar-refractivity contribution in [3.8, 4) is 0 Å². The normalized spacial score (nSPS) is 12.2. The van der Waals surface area contributed by atoms with Crippen LogP contribution < -0.4 is 5.32 Å². The molecule has 4 rings (SSSR count). The van der Waals surface area contributed by atoms with E-state index in [0.29, 0.717) is 13.0 Å². The molecule has 3 aromatic heterocycles. The van der Waals surface area contributed by atoms with Gasteiger partial charge in [-0.1, -0.05) is 30.3 Å². The fourth-order valence-electron chi connectivity index (χ4n) is 3.29. The minimum absolute atomic E-state index is 0.0256. The summed E-state index contributed by atoms with van der Waals surface area (Å²) in [6.07, 6.45) is 5.83. The molecule has 0 spiro atoms. The van der Waals surface area contributed by atoms with Gasteiger partial charge in [0.1, 0.15) is 11.4 Å². The van der Waals surface area contributed by atoms with Gasteiger partial charge in [-0.25, -0.2) is 4.98 Å². The summed E-state index contributed by atoms with van der Waals surface area (Å²) >= 11 is 0. The largest absolute Gasteiger partial charge is 0.467 e. The lowest BCUT2D eigenvalue weighted by atomic mass is 9.92. The maximum absolute atomic E-state index is 12.6. The number of nitrogens with zero attached hydrogens (tertiary/aromatic N) is 2. The van der Waals surface area contributed by atoms with Gasteiger partial charge in [-0.2, -0.15) is 0 Å². The van der Waals surface area contributed by atoms with Crippen molar-refractivity contribution < 1.29 is 9.21 Å². The molecule has 27 heavy (non-hydrogen) atoms. The maximum atomic E-state index is 12.6. The molecular formula is C22H21N3O2. The smallest absolute Gasteiger partial charge is 0.221 e. The monoisotopic (exact) mass is 359 g/mol. The highest BCUT2D eigenvalue weighted by atomic mass is 16.3. The standard InChI is InChI=1S/C22H21N3O2/c1-16-9-10-25-20(15-23-21(25)12-16)19(17-6-3-2-4-7-17)13-22(26)24-14-18-8-5-11-27-18/h2-12,15,19H,13-14H2,1H3,(H,24,26). The summed E-state index contributed by atoms with van der Waals surface area (Å²) < 4.78 is 7.35. The Bertz CT molecular complexity index is 1040. The zero-order chi connectivity index (χ0) is 18.6. The van der Waals surface area contributed by atoms with Crippen LogP contribution in [-0.2, 0) is 11.3 Å². The molecule has 1 unspecified atom stereocenters. The number of imidazole rings is 1. The number of furan rings is 1. The quantitative estimate of drug-likeness (QED) is 0.564. The Morgan fingerprint density at radius 3 is 2.81 bits per heavy atom. The SMILES string of the molecule is Cc1ccn2c(C(CC(=O)NCc3ccco3)c3ccccc3)cnc2c1. The first-order chi connectivity index (χ1) is 13.2. The molecule has 1 atom stereocenters. The van der Waals surface area contributed by atoms with Gasteiger partial charge in [-0.05, 0) is 42.3 Å². The van der Waals surface area contributed by atoms with Gasteiger partial charge < -0.3 is 14.1 Å². The van der Waals surface area contributed by atoms with E-state index < -0.39 is 0 Å². The van der Waals surface area contributed by atoms with E-state index in [1.54, 1.807) is 6.26 Å². The van der Waals surface area contributed by atoms with Gasteiger partial charge in [-0.15, -0.1) is 0 Å². The number of amides is 1. The van der Waals surface area contributed by atoms with E-state index >= 15 is 0 Å². The van der Waals surface area contributed by atoms with Crippen LogP contribution in [0.25, 0.3) is 5.65 Å². The Labute approximate surface area is 157 Å². The Kier molecular flexibility index (Phi) is 4.75. The zero-order valence-electron chi connectivity index (χ0n) is 15.1. The van der Waals surface area contributed by atoms with Crippen LogP contribution in [0, 0.1) is 6.92 Å². The van der Waals surface area contributed by atoms with Gasteiger partial charge >= 0.3 is 0 Å². The number of aromatic nitrogens is 2. The van der Waals surface area contributed by atoms with E-state index in [9.17, 15) is 4.79 Å². The minimum Gasteiger partial charge on any atom is -0.467 e. The second kappa shape index (κ2) is 7.50. The van der Waals surface area contributed by atoms with Crippen LogP contribution in [0.4, 0.5) is 0 Å². The van der Waals surface area contributed by atoms with E-state index in [1.807, 2.05) is 55.7 Å². The summed E-state index contributed by atoms with van der Waals surface area (Å²) in [6, 6.07) is 17.8. The van der Waals surface area contributed by atoms with E-state index in [2.05, 4.69) is 32.9 Å². The highest BCUT2D eigenvalue weighted by molar-refractivity contribution is 5.77. The molecule has 5 nitrogen and oxygen atoms in total. The van der Waals surface area contributed by atoms with Gasteiger partial charge in [0, 0.05) is 24.7 Å². The Hall–Kier alpha value is -3.34. The third-order valence-corrected chi connectivity index (χ3v) is 4.69. The van der Waals surface area contributed by atoms with Crippen LogP contribution in [-0.4, -0.2) is 15.3 Å². The van der Waals surface area contributed by atoms with Crippen LogP contribution in [0.2, 0.25) is 0 Å². The van der Waals surface area contributed by atoms with E-state index in [4.69, 9.17) is 4.42 Å². The molecule has 0 radical (unpaired) electrons. The molecule has 5 heteroatoms. The fraction of sp³-hybridized carbons (Fsp3) is 0.182. The summed E-state index contributed by atoms with van der Waals surface area (Å²) in [6.45, 7) is 2.44. The molecule has 0 saturated heterocycles. The Morgan fingerprint density at radius 2 is 2.04 bits per heavy atom. The van der Waals surface area contributed by atoms with Crippen molar-refractivity contribution in [2.45, 2.75) is 25.8 Å². The molecule has 1 amide bonds. The molecule has 0 saturated carbocycles. The number of carbonyl (C=O) groups is 1. The molecule has 3 heterocycles. The lowest BCUT2D eigenvalue weighted by molar-refractivity contribution is -0.121. The number of carbonyl (C=O) groups excluding carboxylic acids is 1. The number of pyridine rings is 1. The Balaban J connectivity index is 1.62. The number of aryl methyl sites for hydroxylation is 1. The van der Waals surface area contributed by atoms with Gasteiger partial charge in [0.25, 0.3) is 0 Å². The first kappa shape index (κ1) is 17.1. The summed E-state index contributed by atoms with van der Waals surface area (Å²) in [5.74, 6) is 0.632. The van der Waals surface area contributed by atoms with Crippen LogP contribution >= 0.6 is 0 Å². The fourth-order valence-corrected chi connectivity index (χ4v) is 3.29. The molecule has 0 aliphatic heterocycles. The van der Waals surface area contributed by atoms with Crippen LogP contribution in [0.1, 0.15) is 34.9 Å². The molecule has 0 fully saturated rings. The first-order valence-electron chi connectivity index (χ1n) is 8.98. The van der Waals surface area contributed by atoms with E-state index in [0.717, 1.165) is 28.2 Å². The first-order valence-corrected chi connectivity index (χ1v) is 8.98. The molecule has 0 aliphatic carbocycles. The summed E-state index contributed by atoms with van der Waals surface area (Å²) in [5.41, 5.74) is 4.14. The third-order valence-electron chi connectivity index (χ3n) is 4.69. The molecule has 4 aromatic rings. The molecule has 136 valence electrons. The highest BCUT2D eigenvalue weighted by Crippen LogP contribution is 2.29. The third kappa shape index (κ3) is 3.77. The molecule has 1 N–H and O–H groups in total. The lowest BCUT2D eigenvalue weighted by Crippen LogP contribution is -2.25. The van der Waals surface area contributed by atoms with Crippen molar-refractivity contribution in [2.24, 2.45) is 0 Å². The molecule has 0 bridgehead atoms. The van der Waals surface area contributed by atoms with Gasteiger partial charge in [-0.3, -0.25) is 4.79 Å². The van der Waals surface area contributed by atoms with Crippen molar-refractivity contribution in [1.29, 1.82) is 0 Å². The van der Waals surface area contributed by atoms with Crippen molar-refractivity contribution >= 4 is 11.6 Å². The second-order valence-electron chi connectivity index (χ2n) is 6.64. The topological polar surface area (TPSA) is 59.5 Å². The number of hydrogen-bond acceptors (Lipinski definition) is 3. The van der Waals surface area contributed by atoms with Crippen molar-refractivity contribution in [2.75, 3.05) is 0 Å². The average Bonchev–Trinajstić information content (AvgIpc) is 3.34. The van der Waals surface area contributed by atoms with Crippen LogP contribution in [0.3, 0.4) is 0 Å². The van der Waals surface area contributed by atoms with Gasteiger partial charge in [0.15, 0.2) is 0 Å². The zero-order valence-corrected chi connectivity index (χ0v) is 15.1. The van der Waals surface area contributed by atoms with Crippen LogP contribution in [0.15, 0.2) is 77.7 Å². The van der Waals surface area contributed by atoms with Crippen molar-refractivity contribution in [1.82, 2.24) is 14.7 Å². The number of fused-ring (bicyclic) bond motifs is 1. The van der Waals surface area contributed by atoms with Crippen molar-refractivity contribution in [3.63, 3.8) is 0 Å². The van der Waals surface area contributed by atoms with Crippen molar-refractivity contribution in [3.05, 3.63) is 95.8 Å². The second-order valence-corrected chi connectivity index (χ2v) is 6.64. The summed E-state index contributed by atoms with van der Waals surface area (Å²) in [5, 5.41) is 2.94. The van der Waals surface area contributed by atoms with E-state index in [-0.39, 0.29) is 11.8 Å². The highest BCUT2D eigenvalue weighted by Gasteiger charge is 2.21. The number of rotatable bonds is 6. The minimum atomic E-state index is -0.0829. The maximum Gasteiger partial charge on any atom is 0.221 e. The molecule has 0 aliphatic rings. The Morgan fingerprint density at radius 1 is 1.19 bits per heavy atom.